The molecule has 0 aromatic heterocycles. The van der Waals surface area contributed by atoms with Gasteiger partial charge in [0.15, 0.2) is 0 Å². The van der Waals surface area contributed by atoms with Crippen molar-refractivity contribution in [1.82, 2.24) is 4.90 Å². The fourth-order valence-corrected chi connectivity index (χ4v) is 2.23. The third-order valence-electron chi connectivity index (χ3n) is 2.49. The van der Waals surface area contributed by atoms with Crippen molar-refractivity contribution in [3.63, 3.8) is 0 Å². The summed E-state index contributed by atoms with van der Waals surface area (Å²) in [6.07, 6.45) is 0. The van der Waals surface area contributed by atoms with Crippen molar-refractivity contribution in [2.24, 2.45) is 11.7 Å². The van der Waals surface area contributed by atoms with E-state index in [4.69, 9.17) is 28.9 Å². The van der Waals surface area contributed by atoms with Gasteiger partial charge in [-0.15, -0.1) is 0 Å². The average Bonchev–Trinajstić information content (AvgIpc) is 2.24. The summed E-state index contributed by atoms with van der Waals surface area (Å²) in [4.78, 5) is 2.31. The highest BCUT2D eigenvalue weighted by Gasteiger charge is 2.11. The van der Waals surface area contributed by atoms with Gasteiger partial charge in [0.2, 0.25) is 0 Å². The van der Waals surface area contributed by atoms with Crippen LogP contribution in [0.25, 0.3) is 0 Å². The molecule has 0 unspecified atom stereocenters. The first kappa shape index (κ1) is 14.8. The van der Waals surface area contributed by atoms with Gasteiger partial charge in [-0.25, -0.2) is 0 Å². The first-order valence-corrected chi connectivity index (χ1v) is 6.65. The first-order chi connectivity index (χ1) is 8.04. The van der Waals surface area contributed by atoms with Gasteiger partial charge in [0, 0.05) is 26.2 Å². The van der Waals surface area contributed by atoms with Gasteiger partial charge in [0.25, 0.3) is 0 Å². The van der Waals surface area contributed by atoms with Crippen LogP contribution in [0.1, 0.15) is 19.4 Å². The molecular weight excluding hydrogens is 255 g/mol. The molecule has 0 fully saturated rings. The van der Waals surface area contributed by atoms with E-state index in [-0.39, 0.29) is 0 Å². The minimum absolute atomic E-state index is 0.611. The van der Waals surface area contributed by atoms with Gasteiger partial charge in [-0.1, -0.05) is 49.2 Å². The summed E-state index contributed by atoms with van der Waals surface area (Å²) in [5.74, 6) is 0.611. The number of halogens is 2. The third kappa shape index (κ3) is 4.84. The number of benzene rings is 1. The molecule has 0 atom stereocenters. The summed E-state index contributed by atoms with van der Waals surface area (Å²) in [7, 11) is 0. The fourth-order valence-electron chi connectivity index (χ4n) is 1.85. The molecule has 1 aromatic rings. The maximum Gasteiger partial charge on any atom is 0.0637 e. The summed E-state index contributed by atoms with van der Waals surface area (Å²) in [6.45, 7) is 7.74. The van der Waals surface area contributed by atoms with E-state index < -0.39 is 0 Å². The van der Waals surface area contributed by atoms with Gasteiger partial charge in [0.05, 0.1) is 10.0 Å². The molecule has 0 saturated carbocycles. The van der Waals surface area contributed by atoms with Crippen molar-refractivity contribution >= 4 is 23.2 Å². The lowest BCUT2D eigenvalue weighted by molar-refractivity contribution is 0.242. The van der Waals surface area contributed by atoms with E-state index in [0.717, 1.165) is 25.2 Å². The summed E-state index contributed by atoms with van der Waals surface area (Å²) < 4.78 is 0. The molecule has 0 spiro atoms. The quantitative estimate of drug-likeness (QED) is 0.862. The van der Waals surface area contributed by atoms with E-state index >= 15 is 0 Å². The standard InChI is InChI=1S/C13H20Cl2N2/c1-10(2)8-17(7-6-16)9-11-4-3-5-12(14)13(11)15/h3-5,10H,6-9,16H2,1-2H3. The minimum Gasteiger partial charge on any atom is -0.329 e. The summed E-state index contributed by atoms with van der Waals surface area (Å²) in [6, 6.07) is 5.75. The number of rotatable bonds is 6. The second-order valence-electron chi connectivity index (χ2n) is 4.63. The van der Waals surface area contributed by atoms with Gasteiger partial charge in [0.1, 0.15) is 0 Å². The van der Waals surface area contributed by atoms with Crippen LogP contribution in [0.15, 0.2) is 18.2 Å². The van der Waals surface area contributed by atoms with E-state index in [0.29, 0.717) is 22.5 Å². The molecule has 17 heavy (non-hydrogen) atoms. The van der Waals surface area contributed by atoms with E-state index in [9.17, 15) is 0 Å². The van der Waals surface area contributed by atoms with Crippen LogP contribution in [-0.2, 0) is 6.54 Å². The largest absolute Gasteiger partial charge is 0.329 e. The molecule has 0 aliphatic rings. The molecule has 0 aliphatic carbocycles. The van der Waals surface area contributed by atoms with Crippen LogP contribution in [-0.4, -0.2) is 24.5 Å². The van der Waals surface area contributed by atoms with Gasteiger partial charge < -0.3 is 5.73 Å². The average molecular weight is 275 g/mol. The van der Waals surface area contributed by atoms with Crippen molar-refractivity contribution in [3.05, 3.63) is 33.8 Å². The smallest absolute Gasteiger partial charge is 0.0637 e. The molecule has 0 radical (unpaired) electrons. The number of nitrogens with zero attached hydrogens (tertiary/aromatic N) is 1. The van der Waals surface area contributed by atoms with Crippen LogP contribution >= 0.6 is 23.2 Å². The van der Waals surface area contributed by atoms with Gasteiger partial charge in [-0.05, 0) is 17.5 Å². The predicted molar refractivity (Wildman–Crippen MR) is 75.6 cm³/mol. The lowest BCUT2D eigenvalue weighted by Gasteiger charge is -2.24. The van der Waals surface area contributed by atoms with Gasteiger partial charge in [-0.2, -0.15) is 0 Å². The minimum atomic E-state index is 0.611. The molecule has 96 valence electrons. The van der Waals surface area contributed by atoms with Crippen LogP contribution in [0.4, 0.5) is 0 Å². The van der Waals surface area contributed by atoms with Gasteiger partial charge >= 0.3 is 0 Å². The molecule has 0 bridgehead atoms. The first-order valence-electron chi connectivity index (χ1n) is 5.90. The van der Waals surface area contributed by atoms with E-state index in [1.807, 2.05) is 18.2 Å². The molecule has 1 rings (SSSR count). The van der Waals surface area contributed by atoms with E-state index in [1.165, 1.54) is 0 Å². The molecule has 4 heteroatoms. The van der Waals surface area contributed by atoms with E-state index in [2.05, 4.69) is 18.7 Å². The van der Waals surface area contributed by atoms with Crippen LogP contribution in [0.2, 0.25) is 10.0 Å². The number of hydrogen-bond acceptors (Lipinski definition) is 2. The maximum absolute atomic E-state index is 6.18. The normalized spacial score (nSPS) is 11.5. The van der Waals surface area contributed by atoms with Crippen LogP contribution in [0, 0.1) is 5.92 Å². The maximum atomic E-state index is 6.18. The van der Waals surface area contributed by atoms with Crippen LogP contribution in [0.5, 0.6) is 0 Å². The third-order valence-corrected chi connectivity index (χ3v) is 3.35. The Morgan fingerprint density at radius 2 is 2.00 bits per heavy atom. The monoisotopic (exact) mass is 274 g/mol. The van der Waals surface area contributed by atoms with Crippen molar-refractivity contribution in [3.8, 4) is 0 Å². The highest BCUT2D eigenvalue weighted by atomic mass is 35.5. The Hall–Kier alpha value is -0.280. The second kappa shape index (κ2) is 7.22. The Bertz CT molecular complexity index is 353. The number of nitrogens with two attached hydrogens (primary N) is 1. The lowest BCUT2D eigenvalue weighted by Crippen LogP contribution is -2.32. The Morgan fingerprint density at radius 1 is 1.29 bits per heavy atom. The zero-order valence-corrected chi connectivity index (χ0v) is 11.9. The molecule has 2 nitrogen and oxygen atoms in total. The Balaban J connectivity index is 2.74. The topological polar surface area (TPSA) is 29.3 Å². The zero-order valence-electron chi connectivity index (χ0n) is 10.4. The summed E-state index contributed by atoms with van der Waals surface area (Å²) in [5, 5.41) is 1.27. The van der Waals surface area contributed by atoms with Crippen LogP contribution < -0.4 is 5.73 Å². The lowest BCUT2D eigenvalue weighted by atomic mass is 10.1. The second-order valence-corrected chi connectivity index (χ2v) is 5.42. The fraction of sp³-hybridized carbons (Fsp3) is 0.538. The molecule has 0 amide bonds. The highest BCUT2D eigenvalue weighted by molar-refractivity contribution is 6.42. The Morgan fingerprint density at radius 3 is 2.59 bits per heavy atom. The van der Waals surface area contributed by atoms with Crippen LogP contribution in [0.3, 0.4) is 0 Å². The summed E-state index contributed by atoms with van der Waals surface area (Å²) in [5.41, 5.74) is 6.69. The SMILES string of the molecule is CC(C)CN(CCN)Cc1cccc(Cl)c1Cl. The molecule has 0 aliphatic heterocycles. The van der Waals surface area contributed by atoms with Crippen molar-refractivity contribution in [2.75, 3.05) is 19.6 Å². The summed E-state index contributed by atoms with van der Waals surface area (Å²) >= 11 is 12.2. The van der Waals surface area contributed by atoms with E-state index in [1.54, 1.807) is 0 Å². The van der Waals surface area contributed by atoms with Crippen molar-refractivity contribution in [2.45, 2.75) is 20.4 Å². The highest BCUT2D eigenvalue weighted by Crippen LogP contribution is 2.26. The molecular formula is C13H20Cl2N2. The van der Waals surface area contributed by atoms with Crippen molar-refractivity contribution in [1.29, 1.82) is 0 Å². The Labute approximate surface area is 114 Å². The Kier molecular flexibility index (Phi) is 6.28. The molecule has 2 N–H and O–H groups in total. The van der Waals surface area contributed by atoms with Gasteiger partial charge in [-0.3, -0.25) is 4.90 Å². The number of hydrogen-bond donors (Lipinski definition) is 1. The molecule has 0 saturated heterocycles. The predicted octanol–water partition coefficient (Wildman–Crippen LogP) is 3.41. The van der Waals surface area contributed by atoms with Crippen molar-refractivity contribution < 1.29 is 0 Å². The molecule has 0 heterocycles. The zero-order chi connectivity index (χ0) is 12.8. The molecule has 1 aromatic carbocycles.